The Kier molecular flexibility index (Phi) is 6.78. The number of benzene rings is 1. The summed E-state index contributed by atoms with van der Waals surface area (Å²) in [5, 5.41) is 14.6. The molecule has 2 aromatic heterocycles. The summed E-state index contributed by atoms with van der Waals surface area (Å²) in [6.45, 7) is 0.176. The second-order valence-electron chi connectivity index (χ2n) is 5.80. The third-order valence-electron chi connectivity index (χ3n) is 3.85. The van der Waals surface area contributed by atoms with Gasteiger partial charge < -0.3 is 24.4 Å². The lowest BCUT2D eigenvalue weighted by Crippen LogP contribution is -2.24. The van der Waals surface area contributed by atoms with Crippen molar-refractivity contribution in [2.24, 2.45) is 7.05 Å². The smallest absolute Gasteiger partial charge is 0.287 e. The molecule has 0 radical (unpaired) electrons. The predicted molar refractivity (Wildman–Crippen MR) is 108 cm³/mol. The summed E-state index contributed by atoms with van der Waals surface area (Å²) >= 11 is 7.19. The van der Waals surface area contributed by atoms with Gasteiger partial charge in [0, 0.05) is 12.1 Å². The number of ether oxygens (including phenoxy) is 1. The molecule has 0 bridgehead atoms. The van der Waals surface area contributed by atoms with Gasteiger partial charge in [-0.15, -0.1) is 10.2 Å². The predicted octanol–water partition coefficient (Wildman–Crippen LogP) is 2.73. The van der Waals surface area contributed by atoms with Gasteiger partial charge >= 0.3 is 0 Å². The van der Waals surface area contributed by atoms with Crippen LogP contribution in [0.15, 0.2) is 46.2 Å². The first-order chi connectivity index (χ1) is 14.0. The van der Waals surface area contributed by atoms with Crippen molar-refractivity contribution in [2.75, 3.05) is 18.2 Å². The second kappa shape index (κ2) is 9.48. The van der Waals surface area contributed by atoms with Crippen LogP contribution in [0.5, 0.6) is 5.75 Å². The monoisotopic (exact) mass is 435 g/mol. The molecule has 0 aliphatic carbocycles. The second-order valence-corrected chi connectivity index (χ2v) is 7.18. The highest BCUT2D eigenvalue weighted by Gasteiger charge is 2.15. The molecule has 0 spiro atoms. The Morgan fingerprint density at radius 2 is 2.14 bits per heavy atom. The Labute approximate surface area is 175 Å². The fourth-order valence-corrected chi connectivity index (χ4v) is 3.28. The lowest BCUT2D eigenvalue weighted by molar-refractivity contribution is -0.113. The quantitative estimate of drug-likeness (QED) is 0.523. The molecule has 0 fully saturated rings. The molecule has 152 valence electrons. The molecular weight excluding hydrogens is 418 g/mol. The molecule has 9 nitrogen and oxygen atoms in total. The number of nitrogens with one attached hydrogen (secondary N) is 2. The number of aromatic nitrogens is 3. The van der Waals surface area contributed by atoms with Crippen molar-refractivity contribution < 1.29 is 18.7 Å². The van der Waals surface area contributed by atoms with E-state index >= 15 is 0 Å². The fourth-order valence-electron chi connectivity index (χ4n) is 2.37. The summed E-state index contributed by atoms with van der Waals surface area (Å²) in [6.07, 6.45) is 1.43. The van der Waals surface area contributed by atoms with E-state index in [9.17, 15) is 9.59 Å². The van der Waals surface area contributed by atoms with Crippen molar-refractivity contribution in [3.8, 4) is 5.75 Å². The first-order valence-corrected chi connectivity index (χ1v) is 9.80. The van der Waals surface area contributed by atoms with Crippen molar-refractivity contribution >= 4 is 40.9 Å². The van der Waals surface area contributed by atoms with Crippen LogP contribution in [0.3, 0.4) is 0 Å². The topological polar surface area (TPSA) is 111 Å². The minimum atomic E-state index is -0.345. The van der Waals surface area contributed by atoms with Crippen molar-refractivity contribution in [3.05, 3.63) is 53.2 Å². The molecule has 29 heavy (non-hydrogen) atoms. The third-order valence-corrected chi connectivity index (χ3v) is 5.10. The van der Waals surface area contributed by atoms with E-state index in [0.717, 1.165) is 0 Å². The molecule has 0 atom stereocenters. The zero-order chi connectivity index (χ0) is 20.8. The number of methoxy groups -OCH3 is 1. The Morgan fingerprint density at radius 3 is 2.86 bits per heavy atom. The number of hydrogen-bond donors (Lipinski definition) is 2. The largest absolute Gasteiger partial charge is 0.495 e. The van der Waals surface area contributed by atoms with E-state index in [4.69, 9.17) is 20.8 Å². The first-order valence-electron chi connectivity index (χ1n) is 8.44. The highest BCUT2D eigenvalue weighted by atomic mass is 35.5. The van der Waals surface area contributed by atoms with Gasteiger partial charge in [0.2, 0.25) is 5.91 Å². The van der Waals surface area contributed by atoms with Crippen LogP contribution in [0.25, 0.3) is 0 Å². The number of carbonyl (C=O) groups is 2. The number of rotatable bonds is 8. The normalized spacial score (nSPS) is 10.6. The third kappa shape index (κ3) is 5.30. The van der Waals surface area contributed by atoms with Gasteiger partial charge in [0.25, 0.3) is 5.91 Å². The molecular formula is C18H18ClN5O4S. The molecule has 11 heteroatoms. The first kappa shape index (κ1) is 20.7. The Hall–Kier alpha value is -2.98. The van der Waals surface area contributed by atoms with Crippen molar-refractivity contribution in [3.63, 3.8) is 0 Å². The van der Waals surface area contributed by atoms with Crippen molar-refractivity contribution in [1.29, 1.82) is 0 Å². The van der Waals surface area contributed by atoms with Gasteiger partial charge in [-0.25, -0.2) is 0 Å². The molecule has 0 aliphatic heterocycles. The van der Waals surface area contributed by atoms with Crippen LogP contribution < -0.4 is 15.4 Å². The van der Waals surface area contributed by atoms with Gasteiger partial charge in [-0.1, -0.05) is 23.4 Å². The summed E-state index contributed by atoms with van der Waals surface area (Å²) < 4.78 is 12.0. The summed E-state index contributed by atoms with van der Waals surface area (Å²) in [7, 11) is 3.27. The number of thioether (sulfide) groups is 1. The van der Waals surface area contributed by atoms with Gasteiger partial charge in [0.1, 0.15) is 5.75 Å². The van der Waals surface area contributed by atoms with Crippen LogP contribution in [0.4, 0.5) is 5.69 Å². The number of carbonyl (C=O) groups excluding carboxylic acids is 2. The SMILES string of the molecule is COc1ccc(Cl)cc1NC(=O)CSc1nnc(CNC(=O)c2ccco2)n1C. The van der Waals surface area contributed by atoms with E-state index in [0.29, 0.717) is 27.4 Å². The van der Waals surface area contributed by atoms with E-state index in [-0.39, 0.29) is 29.9 Å². The highest BCUT2D eigenvalue weighted by Crippen LogP contribution is 2.28. The molecule has 0 saturated heterocycles. The minimum Gasteiger partial charge on any atom is -0.495 e. The highest BCUT2D eigenvalue weighted by molar-refractivity contribution is 7.99. The number of furan rings is 1. The lowest BCUT2D eigenvalue weighted by Gasteiger charge is -2.10. The fraction of sp³-hybridized carbons (Fsp3) is 0.222. The maximum Gasteiger partial charge on any atom is 0.287 e. The van der Waals surface area contributed by atoms with Gasteiger partial charge in [-0.2, -0.15) is 0 Å². The summed E-state index contributed by atoms with van der Waals surface area (Å²) in [5.41, 5.74) is 0.491. The molecule has 2 heterocycles. The Bertz CT molecular complexity index is 1010. The van der Waals surface area contributed by atoms with Crippen LogP contribution in [0, 0.1) is 0 Å². The Morgan fingerprint density at radius 1 is 1.31 bits per heavy atom. The average Bonchev–Trinajstić information content (AvgIpc) is 3.35. The number of hydrogen-bond acceptors (Lipinski definition) is 7. The number of halogens is 1. The van der Waals surface area contributed by atoms with Crippen LogP contribution in [0.2, 0.25) is 5.02 Å². The zero-order valence-electron chi connectivity index (χ0n) is 15.6. The molecule has 0 unspecified atom stereocenters. The van der Waals surface area contributed by atoms with Crippen molar-refractivity contribution in [1.82, 2.24) is 20.1 Å². The van der Waals surface area contributed by atoms with Crippen molar-refractivity contribution in [2.45, 2.75) is 11.7 Å². The van der Waals surface area contributed by atoms with E-state index in [1.54, 1.807) is 41.9 Å². The van der Waals surface area contributed by atoms with Crippen LogP contribution in [-0.4, -0.2) is 39.4 Å². The van der Waals surface area contributed by atoms with Gasteiger partial charge in [0.15, 0.2) is 16.7 Å². The molecule has 0 aliphatic rings. The molecule has 0 saturated carbocycles. The van der Waals surface area contributed by atoms with Crippen LogP contribution in [-0.2, 0) is 18.4 Å². The van der Waals surface area contributed by atoms with E-state index < -0.39 is 0 Å². The van der Waals surface area contributed by atoms with Gasteiger partial charge in [-0.05, 0) is 30.3 Å². The number of amides is 2. The van der Waals surface area contributed by atoms with Gasteiger partial charge in [-0.3, -0.25) is 9.59 Å². The maximum absolute atomic E-state index is 12.3. The zero-order valence-corrected chi connectivity index (χ0v) is 17.2. The van der Waals surface area contributed by atoms with E-state index in [2.05, 4.69) is 20.8 Å². The molecule has 2 amide bonds. The van der Waals surface area contributed by atoms with E-state index in [1.807, 2.05) is 0 Å². The minimum absolute atomic E-state index is 0.112. The summed E-state index contributed by atoms with van der Waals surface area (Å²) in [5.74, 6) is 0.800. The standard InChI is InChI=1S/C18H18ClN5O4S/c1-24-15(9-20-17(26)14-4-3-7-28-14)22-23-18(24)29-10-16(25)21-12-8-11(19)5-6-13(12)27-2/h3-8H,9-10H2,1-2H3,(H,20,26)(H,21,25). The summed E-state index contributed by atoms with van der Waals surface area (Å²) in [4.78, 5) is 24.2. The van der Waals surface area contributed by atoms with Crippen LogP contribution in [0.1, 0.15) is 16.4 Å². The number of anilines is 1. The average molecular weight is 436 g/mol. The van der Waals surface area contributed by atoms with E-state index in [1.165, 1.54) is 25.1 Å². The molecule has 3 rings (SSSR count). The van der Waals surface area contributed by atoms with Crippen LogP contribution >= 0.6 is 23.4 Å². The molecule has 1 aromatic carbocycles. The summed E-state index contributed by atoms with van der Waals surface area (Å²) in [6, 6.07) is 8.18. The maximum atomic E-state index is 12.3. The van der Waals surface area contributed by atoms with Gasteiger partial charge in [0.05, 0.1) is 31.4 Å². The molecule has 2 N–H and O–H groups in total. The lowest BCUT2D eigenvalue weighted by atomic mass is 10.3. The molecule has 3 aromatic rings. The Balaban J connectivity index is 1.54. The number of nitrogens with zero attached hydrogens (tertiary/aromatic N) is 3.